The SMILES string of the molecule is Cc1cc(C)cc(N(C)C(=O)C2CCN(c3oc(-c4ccco4)nc3C#N)CC2)c1. The van der Waals surface area contributed by atoms with Gasteiger partial charge in [-0.1, -0.05) is 6.07 Å². The largest absolute Gasteiger partial charge is 0.459 e. The highest BCUT2D eigenvalue weighted by atomic mass is 16.4. The molecule has 1 aliphatic heterocycles. The molecule has 1 saturated heterocycles. The van der Waals surface area contributed by atoms with E-state index >= 15 is 0 Å². The van der Waals surface area contributed by atoms with E-state index in [1.165, 1.54) is 6.26 Å². The van der Waals surface area contributed by atoms with E-state index in [1.807, 2.05) is 37.9 Å². The first-order valence-corrected chi connectivity index (χ1v) is 10.0. The Labute approximate surface area is 175 Å². The molecule has 0 aliphatic carbocycles. The highest BCUT2D eigenvalue weighted by molar-refractivity contribution is 5.94. The van der Waals surface area contributed by atoms with Crippen molar-refractivity contribution in [2.24, 2.45) is 5.92 Å². The molecule has 4 rings (SSSR count). The second kappa shape index (κ2) is 8.07. The normalized spacial score (nSPS) is 14.5. The first-order chi connectivity index (χ1) is 14.5. The van der Waals surface area contributed by atoms with E-state index < -0.39 is 0 Å². The maximum absolute atomic E-state index is 13.1. The molecule has 0 saturated carbocycles. The zero-order chi connectivity index (χ0) is 21.3. The Hall–Kier alpha value is -3.53. The molecule has 7 heteroatoms. The van der Waals surface area contributed by atoms with Crippen LogP contribution in [-0.4, -0.2) is 31.0 Å². The van der Waals surface area contributed by atoms with Crippen LogP contribution in [-0.2, 0) is 4.79 Å². The summed E-state index contributed by atoms with van der Waals surface area (Å²) in [5, 5.41) is 9.45. The Kier molecular flexibility index (Phi) is 5.32. The third kappa shape index (κ3) is 3.81. The van der Waals surface area contributed by atoms with Crippen molar-refractivity contribution in [2.75, 3.05) is 29.9 Å². The number of anilines is 2. The molecule has 0 bridgehead atoms. The molecule has 0 radical (unpaired) electrons. The van der Waals surface area contributed by atoms with Gasteiger partial charge in [-0.3, -0.25) is 4.79 Å². The molecule has 0 unspecified atom stereocenters. The van der Waals surface area contributed by atoms with Crippen LogP contribution in [0.3, 0.4) is 0 Å². The van der Waals surface area contributed by atoms with Crippen molar-refractivity contribution in [3.05, 3.63) is 53.4 Å². The number of carbonyl (C=O) groups excluding carboxylic acids is 1. The molecule has 2 aromatic heterocycles. The van der Waals surface area contributed by atoms with Crippen LogP contribution in [0.1, 0.15) is 29.7 Å². The molecule has 1 aromatic carbocycles. The summed E-state index contributed by atoms with van der Waals surface area (Å²) in [5.41, 5.74) is 3.44. The lowest BCUT2D eigenvalue weighted by Crippen LogP contribution is -2.41. The van der Waals surface area contributed by atoms with Crippen LogP contribution in [0.4, 0.5) is 11.6 Å². The highest BCUT2D eigenvalue weighted by Gasteiger charge is 2.31. The van der Waals surface area contributed by atoms with Gasteiger partial charge in [0.05, 0.1) is 6.26 Å². The molecule has 7 nitrogen and oxygen atoms in total. The molecule has 3 heterocycles. The lowest BCUT2D eigenvalue weighted by molar-refractivity contribution is -0.122. The van der Waals surface area contributed by atoms with Gasteiger partial charge in [-0.05, 0) is 62.1 Å². The van der Waals surface area contributed by atoms with E-state index in [1.54, 1.807) is 17.0 Å². The quantitative estimate of drug-likeness (QED) is 0.644. The molecular weight excluding hydrogens is 380 g/mol. The standard InChI is InChI=1S/C23H24N4O3/c1-15-11-16(2)13-18(12-15)26(3)22(28)17-6-8-27(9-7-17)23-19(14-24)25-21(30-23)20-5-4-10-29-20/h4-5,10-13,17H,6-9H2,1-3H3. The number of nitriles is 1. The minimum Gasteiger partial charge on any atom is -0.459 e. The van der Waals surface area contributed by atoms with Gasteiger partial charge in [-0.15, -0.1) is 0 Å². The van der Waals surface area contributed by atoms with Gasteiger partial charge in [0.2, 0.25) is 17.5 Å². The van der Waals surface area contributed by atoms with E-state index in [2.05, 4.69) is 17.1 Å². The molecule has 1 fully saturated rings. The fourth-order valence-corrected chi connectivity index (χ4v) is 3.98. The number of nitrogens with zero attached hydrogens (tertiary/aromatic N) is 4. The molecular formula is C23H24N4O3. The van der Waals surface area contributed by atoms with Crippen LogP contribution in [0.15, 0.2) is 45.4 Å². The van der Waals surface area contributed by atoms with Crippen LogP contribution < -0.4 is 9.80 Å². The monoisotopic (exact) mass is 404 g/mol. The maximum Gasteiger partial charge on any atom is 0.266 e. The minimum absolute atomic E-state index is 0.0648. The summed E-state index contributed by atoms with van der Waals surface area (Å²) in [7, 11) is 1.84. The first-order valence-electron chi connectivity index (χ1n) is 10.0. The zero-order valence-corrected chi connectivity index (χ0v) is 17.4. The van der Waals surface area contributed by atoms with Crippen molar-refractivity contribution in [1.82, 2.24) is 4.98 Å². The van der Waals surface area contributed by atoms with Gasteiger partial charge >= 0.3 is 0 Å². The summed E-state index contributed by atoms with van der Waals surface area (Å²) < 4.78 is 11.2. The van der Waals surface area contributed by atoms with Crippen LogP contribution in [0, 0.1) is 31.1 Å². The van der Waals surface area contributed by atoms with E-state index in [0.29, 0.717) is 43.5 Å². The fourth-order valence-electron chi connectivity index (χ4n) is 3.98. The summed E-state index contributed by atoms with van der Waals surface area (Å²) in [6, 6.07) is 11.7. The molecule has 3 aromatic rings. The molecule has 1 aliphatic rings. The Morgan fingerprint density at radius 1 is 1.23 bits per heavy atom. The number of hydrogen-bond acceptors (Lipinski definition) is 6. The van der Waals surface area contributed by atoms with Crippen molar-refractivity contribution in [3.8, 4) is 17.7 Å². The van der Waals surface area contributed by atoms with E-state index in [0.717, 1.165) is 16.8 Å². The molecule has 154 valence electrons. The van der Waals surface area contributed by atoms with Gasteiger partial charge in [-0.2, -0.15) is 10.2 Å². The average Bonchev–Trinajstić information content (AvgIpc) is 3.41. The number of benzene rings is 1. The van der Waals surface area contributed by atoms with Gasteiger partial charge in [0.25, 0.3) is 5.89 Å². The van der Waals surface area contributed by atoms with Crippen molar-refractivity contribution in [1.29, 1.82) is 5.26 Å². The highest BCUT2D eigenvalue weighted by Crippen LogP contribution is 2.32. The lowest BCUT2D eigenvalue weighted by Gasteiger charge is -2.33. The van der Waals surface area contributed by atoms with Crippen molar-refractivity contribution >= 4 is 17.5 Å². The topological polar surface area (TPSA) is 86.5 Å². The van der Waals surface area contributed by atoms with Crippen LogP contribution in [0.2, 0.25) is 0 Å². The number of carbonyl (C=O) groups is 1. The fraction of sp³-hybridized carbons (Fsp3) is 0.348. The van der Waals surface area contributed by atoms with Gasteiger partial charge in [0.1, 0.15) is 6.07 Å². The van der Waals surface area contributed by atoms with Crippen LogP contribution >= 0.6 is 0 Å². The minimum atomic E-state index is -0.0648. The van der Waals surface area contributed by atoms with Crippen LogP contribution in [0.25, 0.3) is 11.7 Å². The van der Waals surface area contributed by atoms with Crippen molar-refractivity contribution in [2.45, 2.75) is 26.7 Å². The number of rotatable bonds is 4. The summed E-state index contributed by atoms with van der Waals surface area (Å²) in [4.78, 5) is 21.0. The predicted molar refractivity (Wildman–Crippen MR) is 113 cm³/mol. The Morgan fingerprint density at radius 3 is 2.53 bits per heavy atom. The Balaban J connectivity index is 1.45. The summed E-state index contributed by atoms with van der Waals surface area (Å²) in [6.07, 6.45) is 2.92. The van der Waals surface area contributed by atoms with Gasteiger partial charge < -0.3 is 18.6 Å². The van der Waals surface area contributed by atoms with Crippen molar-refractivity contribution in [3.63, 3.8) is 0 Å². The predicted octanol–water partition coefficient (Wildman–Crippen LogP) is 4.30. The molecule has 1 amide bonds. The van der Waals surface area contributed by atoms with Gasteiger partial charge in [-0.25, -0.2) is 0 Å². The molecule has 30 heavy (non-hydrogen) atoms. The third-order valence-electron chi connectivity index (χ3n) is 5.50. The Bertz CT molecular complexity index is 1070. The number of hydrogen-bond donors (Lipinski definition) is 0. The van der Waals surface area contributed by atoms with Crippen molar-refractivity contribution < 1.29 is 13.6 Å². The Morgan fingerprint density at radius 2 is 1.93 bits per heavy atom. The molecule has 0 atom stereocenters. The number of amides is 1. The number of furan rings is 1. The second-order valence-corrected chi connectivity index (χ2v) is 7.77. The van der Waals surface area contributed by atoms with Gasteiger partial charge in [0.15, 0.2) is 5.76 Å². The number of aromatic nitrogens is 1. The number of aryl methyl sites for hydroxylation is 2. The summed E-state index contributed by atoms with van der Waals surface area (Å²) >= 11 is 0. The summed E-state index contributed by atoms with van der Waals surface area (Å²) in [5.74, 6) is 1.27. The molecule has 0 spiro atoms. The van der Waals surface area contributed by atoms with E-state index in [-0.39, 0.29) is 17.5 Å². The zero-order valence-electron chi connectivity index (χ0n) is 17.4. The second-order valence-electron chi connectivity index (χ2n) is 7.77. The first kappa shape index (κ1) is 19.8. The number of piperidine rings is 1. The van der Waals surface area contributed by atoms with E-state index in [9.17, 15) is 10.1 Å². The number of oxazole rings is 1. The average molecular weight is 404 g/mol. The lowest BCUT2D eigenvalue weighted by atomic mass is 9.95. The molecule has 0 N–H and O–H groups in total. The third-order valence-corrected chi connectivity index (χ3v) is 5.50. The van der Waals surface area contributed by atoms with Gasteiger partial charge in [0, 0.05) is 31.7 Å². The maximum atomic E-state index is 13.1. The van der Waals surface area contributed by atoms with Crippen LogP contribution in [0.5, 0.6) is 0 Å². The van der Waals surface area contributed by atoms with E-state index in [4.69, 9.17) is 8.83 Å². The smallest absolute Gasteiger partial charge is 0.266 e. The summed E-state index contributed by atoms with van der Waals surface area (Å²) in [6.45, 7) is 5.32.